The third kappa shape index (κ3) is 1.15. The van der Waals surface area contributed by atoms with Crippen LogP contribution in [0, 0.1) is 6.92 Å². The first-order chi connectivity index (χ1) is 5.68. The molecule has 0 atom stereocenters. The summed E-state index contributed by atoms with van der Waals surface area (Å²) in [7, 11) is 0. The fourth-order valence-electron chi connectivity index (χ4n) is 1.27. The van der Waals surface area contributed by atoms with E-state index in [-0.39, 0.29) is 0 Å². The van der Waals surface area contributed by atoms with E-state index in [1.54, 1.807) is 0 Å². The van der Waals surface area contributed by atoms with Crippen LogP contribution in [0.15, 0.2) is 22.7 Å². The van der Waals surface area contributed by atoms with Gasteiger partial charge in [0.15, 0.2) is 0 Å². The van der Waals surface area contributed by atoms with E-state index < -0.39 is 0 Å². The van der Waals surface area contributed by atoms with Gasteiger partial charge in [-0.1, -0.05) is 17.7 Å². The molecule has 2 aromatic rings. The highest BCUT2D eigenvalue weighted by Gasteiger charge is 2.04. The van der Waals surface area contributed by atoms with Gasteiger partial charge in [-0.15, -0.1) is 0 Å². The van der Waals surface area contributed by atoms with E-state index in [1.165, 1.54) is 5.39 Å². The largest absolute Gasteiger partial charge is 0.358 e. The van der Waals surface area contributed by atoms with Crippen LogP contribution in [0.4, 0.5) is 0 Å². The third-order valence-corrected chi connectivity index (χ3v) is 3.13. The van der Waals surface area contributed by atoms with E-state index in [4.69, 9.17) is 11.6 Å². The highest BCUT2D eigenvalue weighted by atomic mass is 79.9. The number of rotatable bonds is 0. The minimum Gasteiger partial charge on any atom is -0.358 e. The second-order valence-electron chi connectivity index (χ2n) is 2.75. The molecule has 0 bridgehead atoms. The van der Waals surface area contributed by atoms with Crippen molar-refractivity contribution in [1.29, 1.82) is 0 Å². The average Bonchev–Trinajstić information content (AvgIpc) is 2.28. The molecular formula is C9H7BrClN. The highest BCUT2D eigenvalue weighted by molar-refractivity contribution is 9.10. The van der Waals surface area contributed by atoms with E-state index >= 15 is 0 Å². The van der Waals surface area contributed by atoms with E-state index in [9.17, 15) is 0 Å². The topological polar surface area (TPSA) is 15.8 Å². The first kappa shape index (κ1) is 8.14. The van der Waals surface area contributed by atoms with Crippen molar-refractivity contribution in [3.05, 3.63) is 33.4 Å². The molecule has 0 radical (unpaired) electrons. The number of fused-ring (bicyclic) bond motifs is 1. The number of benzene rings is 1. The normalized spacial score (nSPS) is 10.9. The molecule has 0 fully saturated rings. The Morgan fingerprint density at radius 3 is 2.92 bits per heavy atom. The first-order valence-electron chi connectivity index (χ1n) is 3.62. The van der Waals surface area contributed by atoms with Crippen LogP contribution in [-0.4, -0.2) is 4.98 Å². The Morgan fingerprint density at radius 2 is 2.17 bits per heavy atom. The maximum Gasteiger partial charge on any atom is 0.0482 e. The van der Waals surface area contributed by atoms with Gasteiger partial charge in [0, 0.05) is 26.1 Å². The first-order valence-corrected chi connectivity index (χ1v) is 4.79. The lowest BCUT2D eigenvalue weighted by Gasteiger charge is -1.90. The zero-order chi connectivity index (χ0) is 8.72. The van der Waals surface area contributed by atoms with Crippen LogP contribution < -0.4 is 0 Å². The molecule has 0 saturated carbocycles. The lowest BCUT2D eigenvalue weighted by atomic mass is 10.2. The van der Waals surface area contributed by atoms with Crippen LogP contribution in [-0.2, 0) is 0 Å². The van der Waals surface area contributed by atoms with Crippen LogP contribution in [0.5, 0.6) is 0 Å². The number of halogens is 2. The predicted octanol–water partition coefficient (Wildman–Crippen LogP) is 3.89. The molecule has 3 heteroatoms. The van der Waals surface area contributed by atoms with Crippen LogP contribution in [0.3, 0.4) is 0 Å². The van der Waals surface area contributed by atoms with Crippen LogP contribution >= 0.6 is 27.5 Å². The summed E-state index contributed by atoms with van der Waals surface area (Å²) in [6, 6.07) is 5.82. The summed E-state index contributed by atoms with van der Waals surface area (Å²) >= 11 is 9.35. The SMILES string of the molecule is Cc1[nH]c2cc(Cl)ccc2c1Br. The fourth-order valence-corrected chi connectivity index (χ4v) is 1.89. The number of aromatic amines is 1. The van der Waals surface area contributed by atoms with Crippen LogP contribution in [0.1, 0.15) is 5.69 Å². The molecule has 1 aromatic heterocycles. The standard InChI is InChI=1S/C9H7BrClN/c1-5-9(10)7-3-2-6(11)4-8(7)12-5/h2-4,12H,1H3. The Kier molecular flexibility index (Phi) is 1.89. The lowest BCUT2D eigenvalue weighted by molar-refractivity contribution is 1.29. The van der Waals surface area contributed by atoms with E-state index in [1.807, 2.05) is 25.1 Å². The summed E-state index contributed by atoms with van der Waals surface area (Å²) in [6.45, 7) is 2.03. The quantitative estimate of drug-likeness (QED) is 0.724. The Balaban J connectivity index is 2.87. The fraction of sp³-hybridized carbons (Fsp3) is 0.111. The summed E-state index contributed by atoms with van der Waals surface area (Å²) in [5.74, 6) is 0. The zero-order valence-corrected chi connectivity index (χ0v) is 8.83. The second-order valence-corrected chi connectivity index (χ2v) is 3.98. The van der Waals surface area contributed by atoms with Crippen molar-refractivity contribution in [1.82, 2.24) is 4.98 Å². The molecule has 1 nitrogen and oxygen atoms in total. The minimum atomic E-state index is 0.760. The van der Waals surface area contributed by atoms with Crippen molar-refractivity contribution in [2.75, 3.05) is 0 Å². The van der Waals surface area contributed by atoms with Crippen molar-refractivity contribution in [3.63, 3.8) is 0 Å². The van der Waals surface area contributed by atoms with E-state index in [2.05, 4.69) is 20.9 Å². The molecule has 0 aliphatic heterocycles. The number of H-pyrrole nitrogens is 1. The predicted molar refractivity (Wildman–Crippen MR) is 55.7 cm³/mol. The van der Waals surface area contributed by atoms with Gasteiger partial charge in [0.05, 0.1) is 0 Å². The maximum absolute atomic E-state index is 5.84. The monoisotopic (exact) mass is 243 g/mol. The number of nitrogens with one attached hydrogen (secondary N) is 1. The Labute approximate surface area is 83.9 Å². The number of aryl methyl sites for hydroxylation is 1. The third-order valence-electron chi connectivity index (χ3n) is 1.87. The van der Waals surface area contributed by atoms with Crippen molar-refractivity contribution in [2.24, 2.45) is 0 Å². The Morgan fingerprint density at radius 1 is 1.42 bits per heavy atom. The molecule has 1 N–H and O–H groups in total. The van der Waals surface area contributed by atoms with Gasteiger partial charge < -0.3 is 4.98 Å². The van der Waals surface area contributed by atoms with Crippen molar-refractivity contribution in [3.8, 4) is 0 Å². The van der Waals surface area contributed by atoms with Gasteiger partial charge in [-0.2, -0.15) is 0 Å². The van der Waals surface area contributed by atoms with Gasteiger partial charge in [-0.05, 0) is 35.0 Å². The number of aromatic nitrogens is 1. The van der Waals surface area contributed by atoms with Crippen molar-refractivity contribution in [2.45, 2.75) is 6.92 Å². The summed E-state index contributed by atoms with van der Waals surface area (Å²) < 4.78 is 1.12. The second kappa shape index (κ2) is 2.79. The van der Waals surface area contributed by atoms with Crippen molar-refractivity contribution >= 4 is 38.4 Å². The molecule has 0 saturated heterocycles. The Bertz CT molecular complexity index is 433. The smallest absolute Gasteiger partial charge is 0.0482 e. The molecule has 62 valence electrons. The number of hydrogen-bond donors (Lipinski definition) is 1. The molecule has 0 aliphatic carbocycles. The van der Waals surface area contributed by atoms with Gasteiger partial charge in [0.1, 0.15) is 0 Å². The van der Waals surface area contributed by atoms with Crippen molar-refractivity contribution < 1.29 is 0 Å². The van der Waals surface area contributed by atoms with Gasteiger partial charge in [-0.25, -0.2) is 0 Å². The van der Waals surface area contributed by atoms with Gasteiger partial charge >= 0.3 is 0 Å². The zero-order valence-electron chi connectivity index (χ0n) is 6.49. The average molecular weight is 245 g/mol. The molecule has 0 spiro atoms. The van der Waals surface area contributed by atoms with E-state index in [0.717, 1.165) is 20.7 Å². The van der Waals surface area contributed by atoms with Gasteiger partial charge in [-0.3, -0.25) is 0 Å². The lowest BCUT2D eigenvalue weighted by Crippen LogP contribution is -1.67. The van der Waals surface area contributed by atoms with E-state index in [0.29, 0.717) is 0 Å². The molecule has 0 unspecified atom stereocenters. The molecule has 1 heterocycles. The van der Waals surface area contributed by atoms with Crippen LogP contribution in [0.2, 0.25) is 5.02 Å². The summed E-state index contributed by atoms with van der Waals surface area (Å²) in [4.78, 5) is 3.24. The minimum absolute atomic E-state index is 0.760. The van der Waals surface area contributed by atoms with Gasteiger partial charge in [0.25, 0.3) is 0 Å². The molecule has 0 amide bonds. The molecule has 1 aromatic carbocycles. The van der Waals surface area contributed by atoms with Gasteiger partial charge in [0.2, 0.25) is 0 Å². The Hall–Kier alpha value is -0.470. The number of hydrogen-bond acceptors (Lipinski definition) is 0. The van der Waals surface area contributed by atoms with Crippen LogP contribution in [0.25, 0.3) is 10.9 Å². The molecule has 0 aliphatic rings. The summed E-state index contributed by atoms with van der Waals surface area (Å²) in [5, 5.41) is 1.94. The highest BCUT2D eigenvalue weighted by Crippen LogP contribution is 2.28. The molecule has 2 rings (SSSR count). The molecular weight excluding hydrogens is 237 g/mol. The molecule has 12 heavy (non-hydrogen) atoms. The summed E-state index contributed by atoms with van der Waals surface area (Å²) in [6.07, 6.45) is 0. The summed E-state index contributed by atoms with van der Waals surface area (Å²) in [5.41, 5.74) is 2.21. The maximum atomic E-state index is 5.84.